The first kappa shape index (κ1) is 13.5. The fourth-order valence-electron chi connectivity index (χ4n) is 1.51. The maximum Gasteiger partial charge on any atom is 0.340 e. The van der Waals surface area contributed by atoms with Gasteiger partial charge in [-0.15, -0.1) is 0 Å². The van der Waals surface area contributed by atoms with Crippen LogP contribution in [-0.2, 0) is 0 Å². The lowest BCUT2D eigenvalue weighted by Crippen LogP contribution is -2.01. The van der Waals surface area contributed by atoms with Gasteiger partial charge in [0.1, 0.15) is 28.7 Å². The van der Waals surface area contributed by atoms with E-state index in [1.807, 2.05) is 0 Å². The van der Waals surface area contributed by atoms with E-state index >= 15 is 0 Å². The van der Waals surface area contributed by atoms with Crippen molar-refractivity contribution in [1.29, 1.82) is 0 Å². The van der Waals surface area contributed by atoms with Gasteiger partial charge in [-0.1, -0.05) is 6.07 Å². The maximum absolute atomic E-state index is 13.0. The second-order valence-electron chi connectivity index (χ2n) is 3.63. The molecule has 19 heavy (non-hydrogen) atoms. The van der Waals surface area contributed by atoms with Gasteiger partial charge in [-0.25, -0.2) is 13.6 Å². The molecule has 0 fully saturated rings. The van der Waals surface area contributed by atoms with Crippen LogP contribution in [0.1, 0.15) is 10.4 Å². The molecular formula is C13H7BrF2O3. The highest BCUT2D eigenvalue weighted by Crippen LogP contribution is 2.31. The molecule has 2 rings (SSSR count). The van der Waals surface area contributed by atoms with Gasteiger partial charge in [0.2, 0.25) is 0 Å². The van der Waals surface area contributed by atoms with E-state index in [1.165, 1.54) is 12.1 Å². The van der Waals surface area contributed by atoms with Gasteiger partial charge < -0.3 is 9.84 Å². The number of aromatic carboxylic acids is 1. The molecule has 2 aromatic rings. The van der Waals surface area contributed by atoms with Crippen LogP contribution in [0.4, 0.5) is 8.78 Å². The minimum atomic E-state index is -1.21. The Kier molecular flexibility index (Phi) is 3.80. The zero-order valence-electron chi connectivity index (χ0n) is 9.36. The molecule has 0 aliphatic carbocycles. The van der Waals surface area contributed by atoms with E-state index in [9.17, 15) is 13.6 Å². The Labute approximate surface area is 115 Å². The Hall–Kier alpha value is -1.95. The summed E-state index contributed by atoms with van der Waals surface area (Å²) in [7, 11) is 0. The van der Waals surface area contributed by atoms with E-state index < -0.39 is 17.6 Å². The first-order valence-corrected chi connectivity index (χ1v) is 5.92. The van der Waals surface area contributed by atoms with Gasteiger partial charge in [-0.3, -0.25) is 0 Å². The Bertz CT molecular complexity index is 624. The highest BCUT2D eigenvalue weighted by atomic mass is 79.9. The number of ether oxygens (including phenoxy) is 1. The molecule has 0 aliphatic rings. The van der Waals surface area contributed by atoms with Crippen molar-refractivity contribution in [2.24, 2.45) is 0 Å². The average molecular weight is 329 g/mol. The highest BCUT2D eigenvalue weighted by molar-refractivity contribution is 9.10. The highest BCUT2D eigenvalue weighted by Gasteiger charge is 2.16. The van der Waals surface area contributed by atoms with Gasteiger partial charge in [-0.2, -0.15) is 0 Å². The van der Waals surface area contributed by atoms with Crippen molar-refractivity contribution in [3.63, 3.8) is 0 Å². The Balaban J connectivity index is 2.43. The summed E-state index contributed by atoms with van der Waals surface area (Å²) in [5.74, 6) is -2.94. The van der Waals surface area contributed by atoms with E-state index in [4.69, 9.17) is 9.84 Å². The van der Waals surface area contributed by atoms with Crippen LogP contribution in [-0.4, -0.2) is 11.1 Å². The number of hydrogen-bond acceptors (Lipinski definition) is 2. The molecule has 0 bridgehead atoms. The Morgan fingerprint density at radius 1 is 1.16 bits per heavy atom. The van der Waals surface area contributed by atoms with E-state index in [0.717, 1.165) is 12.1 Å². The third-order valence-electron chi connectivity index (χ3n) is 2.25. The minimum Gasteiger partial charge on any atom is -0.478 e. The minimum absolute atomic E-state index is 0.00752. The van der Waals surface area contributed by atoms with Crippen molar-refractivity contribution in [3.8, 4) is 11.5 Å². The van der Waals surface area contributed by atoms with E-state index in [-0.39, 0.29) is 17.1 Å². The quantitative estimate of drug-likeness (QED) is 0.917. The molecule has 0 heterocycles. The normalized spacial score (nSPS) is 10.3. The predicted octanol–water partition coefficient (Wildman–Crippen LogP) is 4.22. The smallest absolute Gasteiger partial charge is 0.340 e. The standard InChI is InChI=1S/C13H7BrF2O3/c14-10-2-1-3-11(12(10)13(17)18)19-9-5-7(15)4-8(16)6-9/h1-6H,(H,17,18). The van der Waals surface area contributed by atoms with E-state index in [1.54, 1.807) is 6.07 Å². The third kappa shape index (κ3) is 3.08. The summed E-state index contributed by atoms with van der Waals surface area (Å²) in [5, 5.41) is 9.08. The molecule has 0 unspecified atom stereocenters. The number of carbonyl (C=O) groups is 1. The van der Waals surface area contributed by atoms with Gasteiger partial charge in [-0.05, 0) is 28.1 Å². The van der Waals surface area contributed by atoms with Crippen LogP contribution in [0.3, 0.4) is 0 Å². The molecule has 98 valence electrons. The van der Waals surface area contributed by atoms with Gasteiger partial charge in [0, 0.05) is 22.7 Å². The summed E-state index contributed by atoms with van der Waals surface area (Å²) in [4.78, 5) is 11.1. The lowest BCUT2D eigenvalue weighted by atomic mass is 10.2. The second-order valence-corrected chi connectivity index (χ2v) is 4.48. The van der Waals surface area contributed by atoms with Crippen LogP contribution in [0.2, 0.25) is 0 Å². The van der Waals surface area contributed by atoms with E-state index in [0.29, 0.717) is 10.5 Å². The molecule has 0 amide bonds. The fraction of sp³-hybridized carbons (Fsp3) is 0. The second kappa shape index (κ2) is 5.36. The summed E-state index contributed by atoms with van der Waals surface area (Å²) >= 11 is 3.08. The van der Waals surface area contributed by atoms with Crippen LogP contribution in [0, 0.1) is 11.6 Å². The lowest BCUT2D eigenvalue weighted by molar-refractivity contribution is 0.0693. The molecule has 0 radical (unpaired) electrons. The van der Waals surface area contributed by atoms with Gasteiger partial charge in [0.05, 0.1) is 0 Å². The maximum atomic E-state index is 13.0. The fourth-order valence-corrected chi connectivity index (χ4v) is 2.03. The topological polar surface area (TPSA) is 46.5 Å². The Morgan fingerprint density at radius 2 is 1.79 bits per heavy atom. The molecule has 0 spiro atoms. The number of carboxylic acid groups (broad SMARTS) is 1. The van der Waals surface area contributed by atoms with Crippen molar-refractivity contribution in [2.75, 3.05) is 0 Å². The molecular weight excluding hydrogens is 322 g/mol. The zero-order valence-corrected chi connectivity index (χ0v) is 10.9. The molecule has 0 saturated heterocycles. The van der Waals surface area contributed by atoms with Crippen molar-refractivity contribution in [1.82, 2.24) is 0 Å². The molecule has 0 aliphatic heterocycles. The van der Waals surface area contributed by atoms with E-state index in [2.05, 4.69) is 15.9 Å². The van der Waals surface area contributed by atoms with Gasteiger partial charge >= 0.3 is 5.97 Å². The summed E-state index contributed by atoms with van der Waals surface area (Å²) in [6.07, 6.45) is 0. The number of benzene rings is 2. The zero-order chi connectivity index (χ0) is 14.0. The Morgan fingerprint density at radius 3 is 2.37 bits per heavy atom. The van der Waals surface area contributed by atoms with Crippen LogP contribution >= 0.6 is 15.9 Å². The monoisotopic (exact) mass is 328 g/mol. The summed E-state index contributed by atoms with van der Waals surface area (Å²) in [6.45, 7) is 0. The van der Waals surface area contributed by atoms with Gasteiger partial charge in [0.25, 0.3) is 0 Å². The summed E-state index contributed by atoms with van der Waals surface area (Å²) in [6, 6.07) is 7.12. The third-order valence-corrected chi connectivity index (χ3v) is 2.91. The number of halogens is 3. The predicted molar refractivity (Wildman–Crippen MR) is 67.5 cm³/mol. The van der Waals surface area contributed by atoms with Crippen LogP contribution < -0.4 is 4.74 Å². The van der Waals surface area contributed by atoms with Gasteiger partial charge in [0.15, 0.2) is 0 Å². The van der Waals surface area contributed by atoms with Crippen molar-refractivity contribution >= 4 is 21.9 Å². The summed E-state index contributed by atoms with van der Waals surface area (Å²) < 4.78 is 31.6. The molecule has 6 heteroatoms. The van der Waals surface area contributed by atoms with Crippen molar-refractivity contribution in [3.05, 3.63) is 58.1 Å². The number of carboxylic acids is 1. The number of hydrogen-bond donors (Lipinski definition) is 1. The molecule has 2 aromatic carbocycles. The lowest BCUT2D eigenvalue weighted by Gasteiger charge is -2.10. The first-order valence-electron chi connectivity index (χ1n) is 5.13. The molecule has 0 saturated carbocycles. The van der Waals surface area contributed by atoms with Crippen LogP contribution in [0.15, 0.2) is 40.9 Å². The average Bonchev–Trinajstić information content (AvgIpc) is 2.26. The summed E-state index contributed by atoms with van der Waals surface area (Å²) in [5.41, 5.74) is -0.118. The number of rotatable bonds is 3. The van der Waals surface area contributed by atoms with Crippen LogP contribution in [0.25, 0.3) is 0 Å². The van der Waals surface area contributed by atoms with Crippen molar-refractivity contribution < 1.29 is 23.4 Å². The van der Waals surface area contributed by atoms with Crippen molar-refractivity contribution in [2.45, 2.75) is 0 Å². The molecule has 1 N–H and O–H groups in total. The molecule has 0 atom stereocenters. The van der Waals surface area contributed by atoms with Crippen LogP contribution in [0.5, 0.6) is 11.5 Å². The first-order chi connectivity index (χ1) is 8.97. The largest absolute Gasteiger partial charge is 0.478 e. The SMILES string of the molecule is O=C(O)c1c(Br)cccc1Oc1cc(F)cc(F)c1. The molecule has 0 aromatic heterocycles. The molecule has 3 nitrogen and oxygen atoms in total.